The number of amides is 1. The van der Waals surface area contributed by atoms with E-state index in [4.69, 9.17) is 4.74 Å². The lowest BCUT2D eigenvalue weighted by atomic mass is 10.0. The highest BCUT2D eigenvalue weighted by atomic mass is 16.5. The zero-order chi connectivity index (χ0) is 14.4. The standard InChI is InChI=1S/C14H20N2O3/c1-10(2)9-12(14(18)19-4)16(11(3)17)13-7-5-6-8-15-13/h5-8,10,12H,9H2,1-4H3. The van der Waals surface area contributed by atoms with E-state index in [9.17, 15) is 9.59 Å². The Kier molecular flexibility index (Phi) is 5.48. The number of carbonyl (C=O) groups excluding carboxylic acids is 2. The number of hydrogen-bond acceptors (Lipinski definition) is 4. The summed E-state index contributed by atoms with van der Waals surface area (Å²) in [5.74, 6) is 0.0741. The summed E-state index contributed by atoms with van der Waals surface area (Å²) in [7, 11) is 1.33. The smallest absolute Gasteiger partial charge is 0.329 e. The lowest BCUT2D eigenvalue weighted by Crippen LogP contribution is -2.46. The maximum absolute atomic E-state index is 11.9. The van der Waals surface area contributed by atoms with Gasteiger partial charge in [-0.05, 0) is 24.5 Å². The van der Waals surface area contributed by atoms with Gasteiger partial charge in [-0.1, -0.05) is 19.9 Å². The summed E-state index contributed by atoms with van der Waals surface area (Å²) in [6.07, 6.45) is 2.12. The maximum Gasteiger partial charge on any atom is 0.329 e. The van der Waals surface area contributed by atoms with Crippen molar-refractivity contribution < 1.29 is 14.3 Å². The third kappa shape index (κ3) is 4.05. The minimum atomic E-state index is -0.641. The van der Waals surface area contributed by atoms with E-state index < -0.39 is 12.0 Å². The van der Waals surface area contributed by atoms with E-state index in [1.54, 1.807) is 24.4 Å². The zero-order valence-corrected chi connectivity index (χ0v) is 11.8. The molecule has 19 heavy (non-hydrogen) atoms. The molecule has 0 radical (unpaired) electrons. The van der Waals surface area contributed by atoms with Crippen LogP contribution in [-0.4, -0.2) is 30.0 Å². The molecule has 0 aromatic carbocycles. The van der Waals surface area contributed by atoms with Gasteiger partial charge in [0.05, 0.1) is 7.11 Å². The Morgan fingerprint density at radius 1 is 1.37 bits per heavy atom. The molecule has 1 heterocycles. The number of rotatable bonds is 5. The van der Waals surface area contributed by atoms with Gasteiger partial charge >= 0.3 is 5.97 Å². The first-order chi connectivity index (χ1) is 8.97. The Balaban J connectivity index is 3.12. The molecular weight excluding hydrogens is 244 g/mol. The molecule has 1 aromatic rings. The van der Waals surface area contributed by atoms with Crippen LogP contribution in [0.4, 0.5) is 5.82 Å². The van der Waals surface area contributed by atoms with E-state index in [0.29, 0.717) is 12.2 Å². The third-order valence-electron chi connectivity index (χ3n) is 2.71. The van der Waals surface area contributed by atoms with Crippen molar-refractivity contribution in [2.45, 2.75) is 33.2 Å². The number of pyridine rings is 1. The van der Waals surface area contributed by atoms with E-state index in [1.165, 1.54) is 18.9 Å². The number of hydrogen-bond donors (Lipinski definition) is 0. The van der Waals surface area contributed by atoms with Gasteiger partial charge in [-0.25, -0.2) is 9.78 Å². The van der Waals surface area contributed by atoms with Crippen LogP contribution >= 0.6 is 0 Å². The summed E-state index contributed by atoms with van der Waals surface area (Å²) < 4.78 is 4.81. The van der Waals surface area contributed by atoms with E-state index in [0.717, 1.165) is 0 Å². The summed E-state index contributed by atoms with van der Waals surface area (Å²) >= 11 is 0. The second-order valence-corrected chi connectivity index (χ2v) is 4.75. The van der Waals surface area contributed by atoms with Crippen LogP contribution < -0.4 is 4.90 Å². The monoisotopic (exact) mass is 264 g/mol. The summed E-state index contributed by atoms with van der Waals surface area (Å²) in [6, 6.07) is 4.61. The number of nitrogens with zero attached hydrogens (tertiary/aromatic N) is 2. The fraction of sp³-hybridized carbons (Fsp3) is 0.500. The molecule has 0 aliphatic heterocycles. The number of ether oxygens (including phenoxy) is 1. The molecule has 5 heteroatoms. The largest absolute Gasteiger partial charge is 0.467 e. The molecule has 1 aromatic heterocycles. The van der Waals surface area contributed by atoms with Gasteiger partial charge in [0.1, 0.15) is 11.9 Å². The minimum absolute atomic E-state index is 0.227. The molecule has 1 amide bonds. The molecule has 0 bridgehead atoms. The van der Waals surface area contributed by atoms with Crippen LogP contribution in [0.5, 0.6) is 0 Å². The first kappa shape index (κ1) is 15.1. The Hall–Kier alpha value is -1.91. The molecule has 0 saturated heterocycles. The van der Waals surface area contributed by atoms with Crippen molar-refractivity contribution >= 4 is 17.7 Å². The fourth-order valence-electron chi connectivity index (χ4n) is 1.93. The molecule has 1 atom stereocenters. The molecule has 0 spiro atoms. The lowest BCUT2D eigenvalue weighted by molar-refractivity contribution is -0.143. The van der Waals surface area contributed by atoms with Crippen LogP contribution in [0.3, 0.4) is 0 Å². The molecular formula is C14H20N2O3. The van der Waals surface area contributed by atoms with Crippen LogP contribution in [0.2, 0.25) is 0 Å². The van der Waals surface area contributed by atoms with Crippen LogP contribution in [0, 0.1) is 5.92 Å². The van der Waals surface area contributed by atoms with Crippen LogP contribution in [0.1, 0.15) is 27.2 Å². The van der Waals surface area contributed by atoms with Crippen molar-refractivity contribution in [3.63, 3.8) is 0 Å². The van der Waals surface area contributed by atoms with Gasteiger partial charge in [0.15, 0.2) is 0 Å². The highest BCUT2D eigenvalue weighted by molar-refractivity contribution is 5.97. The quantitative estimate of drug-likeness (QED) is 0.763. The normalized spacial score (nSPS) is 12.1. The number of aromatic nitrogens is 1. The van der Waals surface area contributed by atoms with Gasteiger partial charge in [-0.2, -0.15) is 0 Å². The van der Waals surface area contributed by atoms with Crippen LogP contribution in [0.25, 0.3) is 0 Å². The van der Waals surface area contributed by atoms with Gasteiger partial charge in [0.25, 0.3) is 0 Å². The first-order valence-electron chi connectivity index (χ1n) is 6.26. The average Bonchev–Trinajstić information content (AvgIpc) is 2.37. The maximum atomic E-state index is 11.9. The number of carbonyl (C=O) groups is 2. The van der Waals surface area contributed by atoms with Gasteiger partial charge in [-0.3, -0.25) is 9.69 Å². The van der Waals surface area contributed by atoms with Crippen molar-refractivity contribution in [3.05, 3.63) is 24.4 Å². The predicted molar refractivity (Wildman–Crippen MR) is 72.7 cm³/mol. The predicted octanol–water partition coefficient (Wildman–Crippen LogP) is 2.02. The van der Waals surface area contributed by atoms with Gasteiger partial charge in [-0.15, -0.1) is 0 Å². The minimum Gasteiger partial charge on any atom is -0.467 e. The summed E-state index contributed by atoms with van der Waals surface area (Å²) in [4.78, 5) is 29.3. The summed E-state index contributed by atoms with van der Waals surface area (Å²) in [6.45, 7) is 5.41. The van der Waals surface area contributed by atoms with Crippen LogP contribution in [-0.2, 0) is 14.3 Å². The molecule has 0 N–H and O–H groups in total. The molecule has 104 valence electrons. The molecule has 0 fully saturated rings. The first-order valence-corrected chi connectivity index (χ1v) is 6.26. The number of methoxy groups -OCH3 is 1. The SMILES string of the molecule is COC(=O)C(CC(C)C)N(C(C)=O)c1ccccn1. The Labute approximate surface area is 113 Å². The van der Waals surface area contributed by atoms with Crippen molar-refractivity contribution in [3.8, 4) is 0 Å². The molecule has 0 aliphatic rings. The Bertz CT molecular complexity index is 432. The Morgan fingerprint density at radius 2 is 2.05 bits per heavy atom. The van der Waals surface area contributed by atoms with E-state index in [-0.39, 0.29) is 11.8 Å². The summed E-state index contributed by atoms with van der Waals surface area (Å²) in [5.41, 5.74) is 0. The lowest BCUT2D eigenvalue weighted by Gasteiger charge is -2.29. The molecule has 0 aliphatic carbocycles. The fourth-order valence-corrected chi connectivity index (χ4v) is 1.93. The molecule has 1 unspecified atom stereocenters. The van der Waals surface area contributed by atoms with Crippen LogP contribution in [0.15, 0.2) is 24.4 Å². The second-order valence-electron chi connectivity index (χ2n) is 4.75. The second kappa shape index (κ2) is 6.87. The average molecular weight is 264 g/mol. The van der Waals surface area contributed by atoms with Gasteiger partial charge in [0.2, 0.25) is 5.91 Å². The van der Waals surface area contributed by atoms with Crippen molar-refractivity contribution in [1.82, 2.24) is 4.98 Å². The highest BCUT2D eigenvalue weighted by Crippen LogP contribution is 2.20. The van der Waals surface area contributed by atoms with E-state index >= 15 is 0 Å². The topological polar surface area (TPSA) is 59.5 Å². The molecule has 0 saturated carbocycles. The highest BCUT2D eigenvalue weighted by Gasteiger charge is 2.31. The molecule has 1 rings (SSSR count). The molecule has 5 nitrogen and oxygen atoms in total. The van der Waals surface area contributed by atoms with Crippen molar-refractivity contribution in [2.24, 2.45) is 5.92 Å². The van der Waals surface area contributed by atoms with Crippen molar-refractivity contribution in [2.75, 3.05) is 12.0 Å². The Morgan fingerprint density at radius 3 is 2.47 bits per heavy atom. The van der Waals surface area contributed by atoms with Gasteiger partial charge in [0, 0.05) is 13.1 Å². The van der Waals surface area contributed by atoms with E-state index in [1.807, 2.05) is 13.8 Å². The van der Waals surface area contributed by atoms with Crippen molar-refractivity contribution in [1.29, 1.82) is 0 Å². The van der Waals surface area contributed by atoms with Gasteiger partial charge < -0.3 is 4.74 Å². The summed E-state index contributed by atoms with van der Waals surface area (Å²) in [5, 5.41) is 0. The number of esters is 1. The number of anilines is 1. The third-order valence-corrected chi connectivity index (χ3v) is 2.71. The zero-order valence-electron chi connectivity index (χ0n) is 11.8. The van der Waals surface area contributed by atoms with E-state index in [2.05, 4.69) is 4.98 Å².